The molecule has 0 aliphatic carbocycles. The van der Waals surface area contributed by atoms with Gasteiger partial charge in [-0.15, -0.1) is 11.3 Å². The van der Waals surface area contributed by atoms with Gasteiger partial charge in [-0.25, -0.2) is 19.2 Å². The molecule has 5 heterocycles. The van der Waals surface area contributed by atoms with Gasteiger partial charge in [-0.1, -0.05) is 39.8 Å². The number of rotatable bonds is 9. The van der Waals surface area contributed by atoms with Crippen LogP contribution in [-0.4, -0.2) is 73.6 Å². The third-order valence-corrected chi connectivity index (χ3v) is 10.3. The number of nitrogens with zero attached hydrogens (tertiary/aromatic N) is 3. The van der Waals surface area contributed by atoms with E-state index in [2.05, 4.69) is 41.0 Å². The van der Waals surface area contributed by atoms with E-state index in [-0.39, 0.29) is 24.4 Å². The summed E-state index contributed by atoms with van der Waals surface area (Å²) in [6.45, 7) is 17.1. The number of benzene rings is 2. The van der Waals surface area contributed by atoms with Crippen LogP contribution in [0, 0.1) is 5.82 Å². The highest BCUT2D eigenvalue weighted by atomic mass is 32.1. The Morgan fingerprint density at radius 2 is 1.78 bits per heavy atom. The first kappa shape index (κ1) is 41.6. The fourth-order valence-electron chi connectivity index (χ4n) is 6.93. The number of halogens is 1. The second-order valence-corrected chi connectivity index (χ2v) is 14.9. The summed E-state index contributed by atoms with van der Waals surface area (Å²) in [6.07, 6.45) is 3.20. The van der Waals surface area contributed by atoms with Gasteiger partial charge in [0.05, 0.1) is 25.1 Å². The topological polar surface area (TPSA) is 95.0 Å². The first-order chi connectivity index (χ1) is 26.6. The summed E-state index contributed by atoms with van der Waals surface area (Å²) in [7, 11) is 3.26. The van der Waals surface area contributed by atoms with Crippen LogP contribution in [0.15, 0.2) is 60.1 Å². The molecule has 2 aromatic carbocycles. The Morgan fingerprint density at radius 3 is 2.49 bits per heavy atom. The van der Waals surface area contributed by atoms with E-state index in [9.17, 15) is 9.18 Å². The van der Waals surface area contributed by atoms with Crippen molar-refractivity contribution in [1.82, 2.24) is 20.2 Å². The van der Waals surface area contributed by atoms with Crippen LogP contribution in [0.1, 0.15) is 77.5 Å². The predicted molar refractivity (Wildman–Crippen MR) is 221 cm³/mol. The molecule has 1 unspecified atom stereocenters. The highest BCUT2D eigenvalue weighted by Crippen LogP contribution is 2.47. The lowest BCUT2D eigenvalue weighted by molar-refractivity contribution is 0.0224. The van der Waals surface area contributed by atoms with Crippen molar-refractivity contribution in [2.75, 3.05) is 47.1 Å². The van der Waals surface area contributed by atoms with Crippen molar-refractivity contribution in [3.05, 3.63) is 82.6 Å². The van der Waals surface area contributed by atoms with Gasteiger partial charge >= 0.3 is 6.09 Å². The molecule has 7 rings (SSSR count). The highest BCUT2D eigenvalue weighted by molar-refractivity contribution is 7.18. The zero-order valence-corrected chi connectivity index (χ0v) is 34.5. The first-order valence-corrected chi connectivity index (χ1v) is 20.2. The molecule has 1 N–H and O–H groups in total. The summed E-state index contributed by atoms with van der Waals surface area (Å²) in [6, 6.07) is 15.3. The largest absolute Gasteiger partial charge is 0.490 e. The van der Waals surface area contributed by atoms with Crippen LogP contribution in [-0.2, 0) is 22.4 Å². The van der Waals surface area contributed by atoms with E-state index < -0.39 is 5.60 Å². The first-order valence-electron chi connectivity index (χ1n) is 19.3. The number of thiophene rings is 1. The Balaban J connectivity index is 0.00000140. The van der Waals surface area contributed by atoms with Crippen LogP contribution in [0.25, 0.3) is 43.7 Å². The Kier molecular flexibility index (Phi) is 14.2. The molecule has 0 spiro atoms. The van der Waals surface area contributed by atoms with Crippen LogP contribution in [0.3, 0.4) is 0 Å². The maximum absolute atomic E-state index is 14.7. The molecule has 2 aliphatic rings. The minimum atomic E-state index is -0.554. The third kappa shape index (κ3) is 9.45. The van der Waals surface area contributed by atoms with Gasteiger partial charge in [-0.3, -0.25) is 0 Å². The van der Waals surface area contributed by atoms with Crippen molar-refractivity contribution in [2.45, 2.75) is 79.4 Å². The fourth-order valence-corrected chi connectivity index (χ4v) is 7.88. The number of carbonyl (C=O) groups is 1. The molecular weight excluding hydrogens is 716 g/mol. The minimum absolute atomic E-state index is 0.250. The van der Waals surface area contributed by atoms with Gasteiger partial charge in [-0.2, -0.15) is 0 Å². The molecule has 3 aromatic heterocycles. The van der Waals surface area contributed by atoms with E-state index in [1.165, 1.54) is 17.7 Å². The predicted octanol–water partition coefficient (Wildman–Crippen LogP) is 10.3. The van der Waals surface area contributed by atoms with Crippen LogP contribution in [0.4, 0.5) is 9.18 Å². The monoisotopic (exact) mass is 770 g/mol. The Morgan fingerprint density at radius 1 is 0.982 bits per heavy atom. The van der Waals surface area contributed by atoms with Crippen molar-refractivity contribution in [3.63, 3.8) is 0 Å². The Bertz CT molecular complexity index is 2070. The number of fused-ring (bicyclic) bond motifs is 2. The summed E-state index contributed by atoms with van der Waals surface area (Å²) in [4.78, 5) is 24.9. The van der Waals surface area contributed by atoms with Crippen molar-refractivity contribution in [3.8, 4) is 45.3 Å². The van der Waals surface area contributed by atoms with E-state index in [0.717, 1.165) is 74.4 Å². The molecule has 9 nitrogen and oxygen atoms in total. The smallest absolute Gasteiger partial charge is 0.410 e. The number of aromatic nitrogens is 2. The maximum atomic E-state index is 14.7. The van der Waals surface area contributed by atoms with Gasteiger partial charge in [0.1, 0.15) is 23.8 Å². The van der Waals surface area contributed by atoms with Crippen molar-refractivity contribution >= 4 is 27.5 Å². The second kappa shape index (κ2) is 18.8. The lowest BCUT2D eigenvalue weighted by atomic mass is 9.92. The fraction of sp³-hybridized carbons (Fsp3) is 0.432. The van der Waals surface area contributed by atoms with Crippen LogP contribution < -0.4 is 14.8 Å². The zero-order chi connectivity index (χ0) is 39.7. The average Bonchev–Trinajstić information content (AvgIpc) is 3.92. The standard InChI is InChI=1S/C40H43FN4O5S.2C2H6/c1-40(2,3)50-39(46)45-14-11-24-18-25(6-7-27(24)23-45)35-31-12-17-51-37(31)34(30-9-8-29(41)20-33(30)49-16-15-47-4)36(44-35)28-19-32(26-10-13-42-21-26)38(48-5)43-22-28;2*1-2/h6-9,12,17-20,22,26,42H,10-11,13-16,21,23H2,1-5H3;2*1-2H3. The van der Waals surface area contributed by atoms with Crippen molar-refractivity contribution < 1.29 is 28.1 Å². The van der Waals surface area contributed by atoms with Gasteiger partial charge in [0.2, 0.25) is 5.88 Å². The number of amides is 1. The zero-order valence-electron chi connectivity index (χ0n) is 33.7. The highest BCUT2D eigenvalue weighted by Gasteiger charge is 2.28. The molecule has 11 heteroatoms. The molecular formula is C44H55FN4O5S. The van der Waals surface area contributed by atoms with E-state index in [4.69, 9.17) is 28.9 Å². The van der Waals surface area contributed by atoms with E-state index in [0.29, 0.717) is 37.7 Å². The number of carbonyl (C=O) groups excluding carboxylic acids is 1. The maximum Gasteiger partial charge on any atom is 0.410 e. The molecule has 0 saturated carbocycles. The van der Waals surface area contributed by atoms with Crippen LogP contribution >= 0.6 is 11.3 Å². The number of nitrogens with one attached hydrogen (secondary N) is 1. The van der Waals surface area contributed by atoms with Crippen molar-refractivity contribution in [1.29, 1.82) is 0 Å². The second-order valence-electron chi connectivity index (χ2n) is 14.0. The number of hydrogen-bond acceptors (Lipinski definition) is 9. The molecule has 5 aromatic rings. The lowest BCUT2D eigenvalue weighted by Crippen LogP contribution is -2.39. The van der Waals surface area contributed by atoms with Gasteiger partial charge < -0.3 is 29.2 Å². The number of methoxy groups -OCH3 is 2. The number of ether oxygens (including phenoxy) is 4. The molecule has 0 bridgehead atoms. The SMILES string of the molecule is CC.CC.COCCOc1cc(F)ccc1-c1c(-c2cnc(OC)c(C3CCNC3)c2)nc(-c2ccc3c(c2)CCN(C(=O)OC(C)(C)C)C3)c2ccsc12. The average molecular weight is 771 g/mol. The number of hydrogen-bond donors (Lipinski definition) is 1. The molecule has 0 radical (unpaired) electrons. The Hall–Kier alpha value is -4.58. The number of pyridine rings is 2. The van der Waals surface area contributed by atoms with Gasteiger partial charge in [0.15, 0.2) is 0 Å². The normalized spacial score (nSPS) is 15.0. The molecule has 294 valence electrons. The lowest BCUT2D eigenvalue weighted by Gasteiger charge is -2.31. The molecule has 1 saturated heterocycles. The van der Waals surface area contributed by atoms with Gasteiger partial charge in [0.25, 0.3) is 0 Å². The molecule has 2 aliphatic heterocycles. The van der Waals surface area contributed by atoms with E-state index in [1.807, 2.05) is 54.7 Å². The van der Waals surface area contributed by atoms with Crippen molar-refractivity contribution in [2.24, 2.45) is 0 Å². The molecule has 55 heavy (non-hydrogen) atoms. The van der Waals surface area contributed by atoms with E-state index in [1.54, 1.807) is 36.5 Å². The molecule has 1 atom stereocenters. The minimum Gasteiger partial charge on any atom is -0.490 e. The quantitative estimate of drug-likeness (QED) is 0.148. The molecule has 1 amide bonds. The third-order valence-electron chi connectivity index (χ3n) is 9.36. The summed E-state index contributed by atoms with van der Waals surface area (Å²) in [5, 5.41) is 6.51. The van der Waals surface area contributed by atoms with Gasteiger partial charge in [-0.05, 0) is 87.0 Å². The summed E-state index contributed by atoms with van der Waals surface area (Å²) in [5.74, 6) is 0.885. The summed E-state index contributed by atoms with van der Waals surface area (Å²) < 4.78 is 38.5. The van der Waals surface area contributed by atoms with E-state index >= 15 is 0 Å². The molecule has 1 fully saturated rings. The van der Waals surface area contributed by atoms with Gasteiger partial charge in [0, 0.05) is 82.8 Å². The summed E-state index contributed by atoms with van der Waals surface area (Å²) >= 11 is 1.61. The van der Waals surface area contributed by atoms with Crippen LogP contribution in [0.5, 0.6) is 11.6 Å². The summed E-state index contributed by atoms with van der Waals surface area (Å²) in [5.41, 5.74) is 7.71. The Labute approximate surface area is 329 Å². The van der Waals surface area contributed by atoms with Crippen LogP contribution in [0.2, 0.25) is 0 Å².